The molecule has 2 aromatic heterocycles. The van der Waals surface area contributed by atoms with E-state index in [1.54, 1.807) is 12.3 Å². The van der Waals surface area contributed by atoms with Crippen LogP contribution in [0.3, 0.4) is 0 Å². The van der Waals surface area contributed by atoms with Crippen molar-refractivity contribution in [3.63, 3.8) is 0 Å². The smallest absolute Gasteiger partial charge is 0.230 e. The summed E-state index contributed by atoms with van der Waals surface area (Å²) in [5, 5.41) is 1.43. The normalized spacial score (nSPS) is 11.0. The van der Waals surface area contributed by atoms with E-state index in [1.165, 1.54) is 18.3 Å². The first-order valence-corrected chi connectivity index (χ1v) is 6.98. The van der Waals surface area contributed by atoms with E-state index in [1.807, 2.05) is 24.3 Å². The summed E-state index contributed by atoms with van der Waals surface area (Å²) in [5.74, 6) is -0.805. The fraction of sp³-hybridized carbons (Fsp3) is 0. The predicted molar refractivity (Wildman–Crippen MR) is 83.5 cm³/mol. The van der Waals surface area contributed by atoms with Gasteiger partial charge in [-0.25, -0.2) is 13.8 Å². The van der Waals surface area contributed by atoms with Crippen molar-refractivity contribution in [1.82, 2.24) is 9.97 Å². The van der Waals surface area contributed by atoms with Crippen molar-refractivity contribution in [2.24, 2.45) is 0 Å². The zero-order valence-electron chi connectivity index (χ0n) is 11.8. The third-order valence-corrected chi connectivity index (χ3v) is 3.55. The molecule has 0 fully saturated rings. The zero-order valence-corrected chi connectivity index (χ0v) is 11.8. The molecule has 4 rings (SSSR count). The van der Waals surface area contributed by atoms with Gasteiger partial charge in [-0.15, -0.1) is 0 Å². The minimum absolute atomic E-state index is 0.0816. The van der Waals surface area contributed by atoms with Crippen LogP contribution in [0.2, 0.25) is 0 Å². The molecule has 5 heteroatoms. The summed E-state index contributed by atoms with van der Waals surface area (Å²) in [6.45, 7) is 0. The third kappa shape index (κ3) is 2.36. The summed E-state index contributed by atoms with van der Waals surface area (Å²) >= 11 is 0. The van der Waals surface area contributed by atoms with E-state index in [0.29, 0.717) is 16.7 Å². The van der Waals surface area contributed by atoms with E-state index < -0.39 is 11.6 Å². The average molecular weight is 308 g/mol. The fourth-order valence-corrected chi connectivity index (χ4v) is 2.54. The maximum Gasteiger partial charge on any atom is 0.230 e. The van der Waals surface area contributed by atoms with Gasteiger partial charge in [0.25, 0.3) is 0 Å². The molecule has 23 heavy (non-hydrogen) atoms. The highest BCUT2D eigenvalue weighted by Crippen LogP contribution is 2.33. The number of rotatable bonds is 2. The molecular weight excluding hydrogens is 298 g/mol. The molecule has 0 amide bonds. The van der Waals surface area contributed by atoms with Gasteiger partial charge in [0, 0.05) is 23.8 Å². The van der Waals surface area contributed by atoms with Gasteiger partial charge >= 0.3 is 0 Å². The van der Waals surface area contributed by atoms with Crippen LogP contribution in [0.1, 0.15) is 0 Å². The lowest BCUT2D eigenvalue weighted by Gasteiger charge is -2.10. The molecule has 2 aromatic carbocycles. The van der Waals surface area contributed by atoms with Gasteiger partial charge in [0.1, 0.15) is 17.2 Å². The van der Waals surface area contributed by atoms with Crippen LogP contribution in [-0.4, -0.2) is 9.97 Å². The van der Waals surface area contributed by atoms with E-state index in [-0.39, 0.29) is 11.3 Å². The molecule has 3 nitrogen and oxygen atoms in total. The molecule has 0 saturated carbocycles. The number of para-hydroxylation sites is 1. The van der Waals surface area contributed by atoms with Gasteiger partial charge in [-0.2, -0.15) is 0 Å². The van der Waals surface area contributed by atoms with Crippen LogP contribution >= 0.6 is 0 Å². The van der Waals surface area contributed by atoms with Crippen molar-refractivity contribution in [2.75, 3.05) is 0 Å². The van der Waals surface area contributed by atoms with Crippen LogP contribution in [0.5, 0.6) is 11.6 Å². The average Bonchev–Trinajstić information content (AvgIpc) is 2.55. The van der Waals surface area contributed by atoms with Crippen LogP contribution in [0.4, 0.5) is 8.78 Å². The van der Waals surface area contributed by atoms with E-state index in [4.69, 9.17) is 4.74 Å². The Morgan fingerprint density at radius 3 is 2.61 bits per heavy atom. The predicted octanol–water partition coefficient (Wildman–Crippen LogP) is 4.85. The second-order valence-electron chi connectivity index (χ2n) is 5.04. The zero-order chi connectivity index (χ0) is 15.8. The third-order valence-electron chi connectivity index (χ3n) is 3.55. The number of fused-ring (bicyclic) bond motifs is 2. The molecule has 0 aliphatic heterocycles. The lowest BCUT2D eigenvalue weighted by Crippen LogP contribution is -1.94. The van der Waals surface area contributed by atoms with Crippen LogP contribution in [0, 0.1) is 11.6 Å². The fourth-order valence-electron chi connectivity index (χ4n) is 2.54. The summed E-state index contributed by atoms with van der Waals surface area (Å²) in [5.41, 5.74) is 0.649. The Balaban J connectivity index is 1.90. The van der Waals surface area contributed by atoms with Crippen LogP contribution < -0.4 is 4.74 Å². The first-order valence-electron chi connectivity index (χ1n) is 6.98. The number of ether oxygens (including phenoxy) is 1. The number of hydrogen-bond acceptors (Lipinski definition) is 3. The molecule has 0 spiro atoms. The first-order chi connectivity index (χ1) is 11.2. The van der Waals surface area contributed by atoms with Crippen molar-refractivity contribution in [2.45, 2.75) is 0 Å². The lowest BCUT2D eigenvalue weighted by atomic mass is 10.1. The number of hydrogen-bond donors (Lipinski definition) is 0. The maximum atomic E-state index is 14.1. The Bertz CT molecular complexity index is 1030. The Hall–Kier alpha value is -3.08. The van der Waals surface area contributed by atoms with Gasteiger partial charge in [0.15, 0.2) is 5.75 Å². The van der Waals surface area contributed by atoms with E-state index in [9.17, 15) is 8.78 Å². The van der Waals surface area contributed by atoms with Crippen molar-refractivity contribution in [1.29, 1.82) is 0 Å². The standard InChI is InChI=1S/C18H10F2N2O/c19-13-9-12-6-8-22-18(16(12)14(20)10-13)23-15-5-1-3-11-4-2-7-21-17(11)15/h1-10H. The number of benzene rings is 2. The molecule has 0 unspecified atom stereocenters. The minimum atomic E-state index is -0.712. The maximum absolute atomic E-state index is 14.1. The summed E-state index contributed by atoms with van der Waals surface area (Å²) in [4.78, 5) is 8.37. The molecule has 0 aliphatic carbocycles. The Labute approximate surface area is 130 Å². The van der Waals surface area contributed by atoms with Crippen LogP contribution in [0.15, 0.2) is 60.9 Å². The summed E-state index contributed by atoms with van der Waals surface area (Å²) < 4.78 is 33.3. The molecular formula is C18H10F2N2O. The largest absolute Gasteiger partial charge is 0.436 e. The molecule has 2 heterocycles. The molecule has 0 N–H and O–H groups in total. The second-order valence-corrected chi connectivity index (χ2v) is 5.04. The van der Waals surface area contributed by atoms with E-state index in [2.05, 4.69) is 9.97 Å². The van der Waals surface area contributed by atoms with Gasteiger partial charge in [-0.1, -0.05) is 18.2 Å². The molecule has 0 radical (unpaired) electrons. The summed E-state index contributed by atoms with van der Waals surface area (Å²) in [6, 6.07) is 12.8. The first kappa shape index (κ1) is 13.6. The molecule has 0 aliphatic rings. The molecule has 0 atom stereocenters. The second kappa shape index (κ2) is 5.28. The topological polar surface area (TPSA) is 35.0 Å². The molecule has 0 bridgehead atoms. The highest BCUT2D eigenvalue weighted by Gasteiger charge is 2.13. The van der Waals surface area contributed by atoms with Crippen LogP contribution in [0.25, 0.3) is 21.7 Å². The Kier molecular flexibility index (Phi) is 3.12. The SMILES string of the molecule is Fc1cc(F)c2c(Oc3cccc4cccnc34)nccc2c1. The number of nitrogens with zero attached hydrogens (tertiary/aromatic N) is 2. The van der Waals surface area contributed by atoms with Gasteiger partial charge in [-0.3, -0.25) is 4.98 Å². The van der Waals surface area contributed by atoms with Gasteiger partial charge < -0.3 is 4.74 Å². The number of pyridine rings is 2. The van der Waals surface area contributed by atoms with Crippen LogP contribution in [-0.2, 0) is 0 Å². The van der Waals surface area contributed by atoms with E-state index in [0.717, 1.165) is 11.5 Å². The Morgan fingerprint density at radius 1 is 0.826 bits per heavy atom. The molecule has 0 saturated heterocycles. The lowest BCUT2D eigenvalue weighted by molar-refractivity contribution is 0.470. The van der Waals surface area contributed by atoms with E-state index >= 15 is 0 Å². The Morgan fingerprint density at radius 2 is 1.70 bits per heavy atom. The van der Waals surface area contributed by atoms with Gasteiger partial charge in [0.05, 0.1) is 5.39 Å². The molecule has 112 valence electrons. The number of aromatic nitrogens is 2. The van der Waals surface area contributed by atoms with Gasteiger partial charge in [0.2, 0.25) is 5.88 Å². The quantitative estimate of drug-likeness (QED) is 0.531. The highest BCUT2D eigenvalue weighted by atomic mass is 19.1. The summed E-state index contributed by atoms with van der Waals surface area (Å²) in [7, 11) is 0. The van der Waals surface area contributed by atoms with Gasteiger partial charge in [-0.05, 0) is 29.7 Å². The van der Waals surface area contributed by atoms with Crippen molar-refractivity contribution in [3.05, 3.63) is 72.6 Å². The van der Waals surface area contributed by atoms with Crippen molar-refractivity contribution >= 4 is 21.7 Å². The molecule has 4 aromatic rings. The highest BCUT2D eigenvalue weighted by molar-refractivity contribution is 5.89. The van der Waals surface area contributed by atoms with Crippen molar-refractivity contribution < 1.29 is 13.5 Å². The minimum Gasteiger partial charge on any atom is -0.436 e. The van der Waals surface area contributed by atoms with Crippen molar-refractivity contribution in [3.8, 4) is 11.6 Å². The monoisotopic (exact) mass is 308 g/mol. The number of halogens is 2. The summed E-state index contributed by atoms with van der Waals surface area (Å²) in [6.07, 6.45) is 3.11.